The molecule has 0 aliphatic rings. The van der Waals surface area contributed by atoms with Crippen LogP contribution in [0, 0.1) is 10.1 Å². The largest absolute Gasteiger partial charge is 0.459 e. The summed E-state index contributed by atoms with van der Waals surface area (Å²) in [6.07, 6.45) is 0. The van der Waals surface area contributed by atoms with Crippen molar-refractivity contribution < 1.29 is 14.5 Å². The van der Waals surface area contributed by atoms with E-state index in [0.29, 0.717) is 9.37 Å². The summed E-state index contributed by atoms with van der Waals surface area (Å²) in [7, 11) is 0. The van der Waals surface area contributed by atoms with E-state index >= 15 is 0 Å². The summed E-state index contributed by atoms with van der Waals surface area (Å²) in [5.74, 6) is -0.352. The summed E-state index contributed by atoms with van der Waals surface area (Å²) in [6, 6.07) is 4.72. The van der Waals surface area contributed by atoms with Gasteiger partial charge in [0.1, 0.15) is 5.60 Å². The molecule has 0 unspecified atom stereocenters. The highest BCUT2D eigenvalue weighted by Gasteiger charge is 2.19. The van der Waals surface area contributed by atoms with Crippen molar-refractivity contribution in [3.05, 3.63) is 32.8 Å². The van der Waals surface area contributed by atoms with Gasteiger partial charge in [-0.2, -0.15) is 0 Å². The Morgan fingerprint density at radius 1 is 1.47 bits per heavy atom. The Morgan fingerprint density at radius 3 is 2.63 bits per heavy atom. The van der Waals surface area contributed by atoms with Crippen LogP contribution in [0.1, 0.15) is 20.8 Å². The standard InChI is InChI=1S/C12H14BrNO4S/c1-12(2,3)18-11(15)7-19-10-5-4-8(13)6-9(10)14(16)17/h4-6H,7H2,1-3H3. The fourth-order valence-corrected chi connectivity index (χ4v) is 2.39. The molecule has 0 aliphatic heterocycles. The monoisotopic (exact) mass is 347 g/mol. The minimum atomic E-state index is -0.552. The van der Waals surface area contributed by atoms with Gasteiger partial charge in [-0.05, 0) is 32.9 Å². The Balaban J connectivity index is 2.73. The maximum absolute atomic E-state index is 11.6. The van der Waals surface area contributed by atoms with Crippen molar-refractivity contribution in [2.45, 2.75) is 31.3 Å². The number of hydrogen-bond acceptors (Lipinski definition) is 5. The average molecular weight is 348 g/mol. The number of rotatable bonds is 4. The molecular weight excluding hydrogens is 334 g/mol. The maximum Gasteiger partial charge on any atom is 0.316 e. The lowest BCUT2D eigenvalue weighted by molar-refractivity contribution is -0.387. The molecule has 0 aliphatic carbocycles. The van der Waals surface area contributed by atoms with Gasteiger partial charge in [0.05, 0.1) is 15.6 Å². The van der Waals surface area contributed by atoms with Crippen LogP contribution in [0.3, 0.4) is 0 Å². The van der Waals surface area contributed by atoms with Gasteiger partial charge in [0.2, 0.25) is 0 Å². The number of thioether (sulfide) groups is 1. The average Bonchev–Trinajstić information content (AvgIpc) is 2.24. The SMILES string of the molecule is CC(C)(C)OC(=O)CSc1ccc(Br)cc1[N+](=O)[O-]. The molecule has 104 valence electrons. The molecule has 0 saturated carbocycles. The van der Waals surface area contributed by atoms with Gasteiger partial charge < -0.3 is 4.74 Å². The third-order valence-corrected chi connectivity index (χ3v) is 3.41. The second-order valence-corrected chi connectivity index (χ2v) is 6.68. The molecule has 5 nitrogen and oxygen atoms in total. The van der Waals surface area contributed by atoms with Crippen molar-refractivity contribution in [1.29, 1.82) is 0 Å². The molecule has 19 heavy (non-hydrogen) atoms. The first-order valence-corrected chi connectivity index (χ1v) is 7.25. The van der Waals surface area contributed by atoms with E-state index in [0.717, 1.165) is 11.8 Å². The van der Waals surface area contributed by atoms with Crippen LogP contribution in [0.4, 0.5) is 5.69 Å². The van der Waals surface area contributed by atoms with Gasteiger partial charge in [-0.25, -0.2) is 0 Å². The predicted octanol–water partition coefficient (Wildman–Crippen LogP) is 3.79. The van der Waals surface area contributed by atoms with E-state index in [2.05, 4.69) is 15.9 Å². The van der Waals surface area contributed by atoms with Gasteiger partial charge in [-0.15, -0.1) is 11.8 Å². The molecule has 0 fully saturated rings. The Kier molecular flexibility index (Phi) is 5.37. The maximum atomic E-state index is 11.6. The Bertz CT molecular complexity index is 499. The Morgan fingerprint density at radius 2 is 2.11 bits per heavy atom. The fraction of sp³-hybridized carbons (Fsp3) is 0.417. The number of hydrogen-bond donors (Lipinski definition) is 0. The van der Waals surface area contributed by atoms with Crippen molar-refractivity contribution in [3.63, 3.8) is 0 Å². The number of nitrogens with zero attached hydrogens (tertiary/aromatic N) is 1. The topological polar surface area (TPSA) is 69.4 Å². The Hall–Kier alpha value is -1.08. The first kappa shape index (κ1) is 16.0. The van der Waals surface area contributed by atoms with Crippen molar-refractivity contribution in [3.8, 4) is 0 Å². The molecule has 0 spiro atoms. The third kappa shape index (κ3) is 5.61. The molecule has 1 rings (SSSR count). The molecule has 0 saturated heterocycles. The van der Waals surface area contributed by atoms with E-state index in [1.807, 2.05) is 0 Å². The highest BCUT2D eigenvalue weighted by molar-refractivity contribution is 9.10. The number of carbonyl (C=O) groups excluding carboxylic acids is 1. The summed E-state index contributed by atoms with van der Waals surface area (Å²) in [5, 5.41) is 10.9. The molecule has 0 radical (unpaired) electrons. The minimum absolute atomic E-state index is 0.0251. The number of nitro benzene ring substituents is 1. The van der Waals surface area contributed by atoms with Crippen molar-refractivity contribution in [1.82, 2.24) is 0 Å². The van der Waals surface area contributed by atoms with Crippen LogP contribution < -0.4 is 0 Å². The molecule has 1 aromatic carbocycles. The molecule has 0 atom stereocenters. The van der Waals surface area contributed by atoms with Gasteiger partial charge in [-0.3, -0.25) is 14.9 Å². The second-order valence-electron chi connectivity index (χ2n) is 4.74. The molecule has 1 aromatic rings. The van der Waals surface area contributed by atoms with E-state index in [1.54, 1.807) is 32.9 Å². The Labute approximate surface area is 124 Å². The van der Waals surface area contributed by atoms with Crippen LogP contribution in [0.5, 0.6) is 0 Å². The molecule has 0 amide bonds. The predicted molar refractivity (Wildman–Crippen MR) is 77.4 cm³/mol. The fourth-order valence-electron chi connectivity index (χ4n) is 1.26. The first-order chi connectivity index (χ1) is 8.69. The van der Waals surface area contributed by atoms with E-state index in [1.165, 1.54) is 6.07 Å². The van der Waals surface area contributed by atoms with Crippen LogP contribution in [0.25, 0.3) is 0 Å². The molecule has 0 bridgehead atoms. The van der Waals surface area contributed by atoms with Gasteiger partial charge in [0.15, 0.2) is 0 Å². The van der Waals surface area contributed by atoms with E-state index in [9.17, 15) is 14.9 Å². The van der Waals surface area contributed by atoms with E-state index < -0.39 is 16.5 Å². The summed E-state index contributed by atoms with van der Waals surface area (Å²) >= 11 is 4.27. The van der Waals surface area contributed by atoms with Gasteiger partial charge >= 0.3 is 5.97 Å². The van der Waals surface area contributed by atoms with Crippen LogP contribution in [-0.2, 0) is 9.53 Å². The van der Waals surface area contributed by atoms with Gasteiger partial charge in [0, 0.05) is 10.5 Å². The molecule has 0 aromatic heterocycles. The third-order valence-electron chi connectivity index (χ3n) is 1.88. The summed E-state index contributed by atoms with van der Waals surface area (Å²) in [6.45, 7) is 5.33. The molecule has 7 heteroatoms. The smallest absolute Gasteiger partial charge is 0.316 e. The lowest BCUT2D eigenvalue weighted by Gasteiger charge is -2.19. The second kappa shape index (κ2) is 6.38. The minimum Gasteiger partial charge on any atom is -0.459 e. The van der Waals surface area contributed by atoms with E-state index in [4.69, 9.17) is 4.74 Å². The number of nitro groups is 1. The normalized spacial score (nSPS) is 11.2. The number of ether oxygens (including phenoxy) is 1. The van der Waals surface area contributed by atoms with Crippen LogP contribution in [0.2, 0.25) is 0 Å². The number of esters is 1. The van der Waals surface area contributed by atoms with Crippen molar-refractivity contribution >= 4 is 39.3 Å². The van der Waals surface area contributed by atoms with E-state index in [-0.39, 0.29) is 11.4 Å². The summed E-state index contributed by atoms with van der Waals surface area (Å²) in [4.78, 5) is 22.4. The number of benzene rings is 1. The van der Waals surface area contributed by atoms with Crippen molar-refractivity contribution in [2.24, 2.45) is 0 Å². The van der Waals surface area contributed by atoms with Crippen LogP contribution >= 0.6 is 27.7 Å². The lowest BCUT2D eigenvalue weighted by atomic mass is 10.2. The zero-order valence-electron chi connectivity index (χ0n) is 10.8. The molecular formula is C12H14BrNO4S. The molecule has 0 heterocycles. The van der Waals surface area contributed by atoms with Gasteiger partial charge in [-0.1, -0.05) is 15.9 Å². The quantitative estimate of drug-likeness (QED) is 0.358. The zero-order valence-corrected chi connectivity index (χ0v) is 13.2. The highest BCUT2D eigenvalue weighted by atomic mass is 79.9. The van der Waals surface area contributed by atoms with Crippen LogP contribution in [-0.4, -0.2) is 22.2 Å². The van der Waals surface area contributed by atoms with Gasteiger partial charge in [0.25, 0.3) is 5.69 Å². The lowest BCUT2D eigenvalue weighted by Crippen LogP contribution is -2.24. The summed E-state index contributed by atoms with van der Waals surface area (Å²) < 4.78 is 5.77. The zero-order chi connectivity index (χ0) is 14.6. The number of carbonyl (C=O) groups is 1. The highest BCUT2D eigenvalue weighted by Crippen LogP contribution is 2.31. The molecule has 0 N–H and O–H groups in total. The number of halogens is 1. The van der Waals surface area contributed by atoms with Crippen molar-refractivity contribution in [2.75, 3.05) is 5.75 Å². The summed E-state index contributed by atoms with van der Waals surface area (Å²) in [5.41, 5.74) is -0.577. The van der Waals surface area contributed by atoms with Crippen LogP contribution in [0.15, 0.2) is 27.6 Å². The first-order valence-electron chi connectivity index (χ1n) is 5.47.